The fraction of sp³-hybridized carbons (Fsp3) is 0.483. The van der Waals surface area contributed by atoms with E-state index in [1.54, 1.807) is 26.8 Å². The van der Waals surface area contributed by atoms with Crippen LogP contribution in [0.15, 0.2) is 48.5 Å². The topological polar surface area (TPSA) is 140 Å². The molecule has 13 heteroatoms. The van der Waals surface area contributed by atoms with Crippen LogP contribution < -0.4 is 21.1 Å². The predicted octanol–water partition coefficient (Wildman–Crippen LogP) is 3.34. The van der Waals surface area contributed by atoms with E-state index in [2.05, 4.69) is 10.6 Å². The Balaban J connectivity index is 2.28. The average molecular weight is 600 g/mol. The minimum atomic E-state index is -5.01. The number of hydrogen-bond acceptors (Lipinski definition) is 7. The van der Waals surface area contributed by atoms with Gasteiger partial charge in [-0.1, -0.05) is 38.1 Å². The second kappa shape index (κ2) is 14.5. The Morgan fingerprint density at radius 1 is 0.976 bits per heavy atom. The number of carbonyl (C=O) groups excluding carboxylic acids is 3. The van der Waals surface area contributed by atoms with E-state index in [1.165, 1.54) is 56.3 Å². The molecule has 5 N–H and O–H groups in total. The van der Waals surface area contributed by atoms with Crippen molar-refractivity contribution in [2.75, 3.05) is 6.61 Å². The zero-order valence-electron chi connectivity index (χ0n) is 24.0. The highest BCUT2D eigenvalue weighted by Crippen LogP contribution is 2.26. The van der Waals surface area contributed by atoms with Crippen molar-refractivity contribution in [3.05, 3.63) is 65.5 Å². The van der Waals surface area contributed by atoms with Crippen LogP contribution in [-0.2, 0) is 25.5 Å². The summed E-state index contributed by atoms with van der Waals surface area (Å²) < 4.78 is 64.0. The number of alkyl halides is 3. The van der Waals surface area contributed by atoms with Crippen molar-refractivity contribution in [1.82, 2.24) is 10.6 Å². The van der Waals surface area contributed by atoms with Gasteiger partial charge in [0.2, 0.25) is 11.8 Å². The molecule has 0 bridgehead atoms. The molecule has 9 nitrogen and oxygen atoms in total. The number of ether oxygens (including phenoxy) is 2. The lowest BCUT2D eigenvalue weighted by atomic mass is 9.96. The minimum absolute atomic E-state index is 0.0865. The molecule has 2 aromatic rings. The highest BCUT2D eigenvalue weighted by Gasteiger charge is 2.45. The molecular weight excluding hydrogens is 562 g/mol. The molecule has 232 valence electrons. The standard InChI is InChI=1S/C29H37F4N3O6/c1-16(2)23(25(38)29(31,32)33)35-27(40)24(36-26(39)21(34)14-17-7-6-8-19(30)13-17)18-9-11-20(12-10-18)41-15-22(37)42-28(3,4)5/h6-13,16,21,23-25,38H,14-15,34H2,1-5H3,(H,35,40)(H,36,39)/t21-,23-,24-,25-/m0/s1. The lowest BCUT2D eigenvalue weighted by molar-refractivity contribution is -0.215. The maximum atomic E-state index is 13.6. The molecule has 0 radical (unpaired) electrons. The van der Waals surface area contributed by atoms with Crippen molar-refractivity contribution in [2.45, 2.75) is 77.0 Å². The summed E-state index contributed by atoms with van der Waals surface area (Å²) in [4.78, 5) is 38.2. The number of hydrogen-bond donors (Lipinski definition) is 4. The highest BCUT2D eigenvalue weighted by molar-refractivity contribution is 5.90. The lowest BCUT2D eigenvalue weighted by Gasteiger charge is -2.31. The molecule has 0 aliphatic heterocycles. The third kappa shape index (κ3) is 10.9. The van der Waals surface area contributed by atoms with E-state index in [0.29, 0.717) is 5.56 Å². The number of aliphatic hydroxyl groups excluding tert-OH is 1. The van der Waals surface area contributed by atoms with Crippen LogP contribution in [-0.4, -0.2) is 59.5 Å². The summed E-state index contributed by atoms with van der Waals surface area (Å²) in [6.07, 6.45) is -7.96. The summed E-state index contributed by atoms with van der Waals surface area (Å²) in [5, 5.41) is 14.5. The van der Waals surface area contributed by atoms with Crippen LogP contribution in [0.4, 0.5) is 17.6 Å². The Morgan fingerprint density at radius 3 is 2.12 bits per heavy atom. The molecule has 0 saturated heterocycles. The number of aliphatic hydroxyl groups is 1. The smallest absolute Gasteiger partial charge is 0.416 e. The number of nitrogens with two attached hydrogens (primary N) is 1. The molecular formula is C29H37F4N3O6. The first-order chi connectivity index (χ1) is 19.4. The van der Waals surface area contributed by atoms with Gasteiger partial charge in [0.25, 0.3) is 0 Å². The van der Waals surface area contributed by atoms with Gasteiger partial charge in [0.05, 0.1) is 12.1 Å². The third-order valence-corrected chi connectivity index (χ3v) is 5.92. The Hall–Kier alpha value is -3.71. The van der Waals surface area contributed by atoms with E-state index in [0.717, 1.165) is 0 Å². The molecule has 0 fully saturated rings. The van der Waals surface area contributed by atoms with E-state index in [9.17, 15) is 37.1 Å². The van der Waals surface area contributed by atoms with Crippen LogP contribution in [0.2, 0.25) is 0 Å². The normalized spacial score (nSPS) is 14.9. The molecule has 4 atom stereocenters. The van der Waals surface area contributed by atoms with Crippen molar-refractivity contribution < 1.29 is 46.5 Å². The Labute approximate surface area is 241 Å². The molecule has 0 aliphatic rings. The summed E-state index contributed by atoms with van der Waals surface area (Å²) >= 11 is 0. The summed E-state index contributed by atoms with van der Waals surface area (Å²) in [6.45, 7) is 7.46. The SMILES string of the molecule is CC(C)[C@H](NC(=O)[C@@H](NC(=O)[C@@H](N)Cc1cccc(F)c1)c1ccc(OCC(=O)OC(C)(C)C)cc1)[C@H](O)C(F)(F)F. The molecule has 0 spiro atoms. The summed E-state index contributed by atoms with van der Waals surface area (Å²) in [6, 6.07) is 6.45. The van der Waals surface area contributed by atoms with Gasteiger partial charge in [-0.15, -0.1) is 0 Å². The number of carbonyl (C=O) groups is 3. The van der Waals surface area contributed by atoms with Crippen molar-refractivity contribution in [1.29, 1.82) is 0 Å². The lowest BCUT2D eigenvalue weighted by Crippen LogP contribution is -2.56. The molecule has 2 aromatic carbocycles. The first-order valence-corrected chi connectivity index (χ1v) is 13.2. The van der Waals surface area contributed by atoms with E-state index < -0.39 is 72.1 Å². The van der Waals surface area contributed by atoms with Crippen LogP contribution in [0, 0.1) is 11.7 Å². The number of nitrogens with one attached hydrogen (secondary N) is 2. The number of benzene rings is 2. The second-order valence-electron chi connectivity index (χ2n) is 11.1. The first-order valence-electron chi connectivity index (χ1n) is 13.2. The van der Waals surface area contributed by atoms with Gasteiger partial charge in [-0.3, -0.25) is 9.59 Å². The number of rotatable bonds is 12. The summed E-state index contributed by atoms with van der Waals surface area (Å²) in [5.41, 5.74) is 5.84. The molecule has 0 heterocycles. The van der Waals surface area contributed by atoms with E-state index >= 15 is 0 Å². The fourth-order valence-corrected chi connectivity index (χ4v) is 3.89. The molecule has 0 aliphatic carbocycles. The molecule has 2 rings (SSSR count). The molecule has 2 amide bonds. The van der Waals surface area contributed by atoms with Gasteiger partial charge in [0.1, 0.15) is 23.2 Å². The summed E-state index contributed by atoms with van der Waals surface area (Å²) in [7, 11) is 0. The molecule has 0 aromatic heterocycles. The summed E-state index contributed by atoms with van der Waals surface area (Å²) in [5.74, 6) is -3.64. The number of esters is 1. The van der Waals surface area contributed by atoms with Crippen molar-refractivity contribution in [3.8, 4) is 5.75 Å². The minimum Gasteiger partial charge on any atom is -0.482 e. The zero-order chi connectivity index (χ0) is 31.8. The zero-order valence-corrected chi connectivity index (χ0v) is 24.0. The first kappa shape index (κ1) is 34.5. The van der Waals surface area contributed by atoms with Crippen LogP contribution in [0.1, 0.15) is 51.8 Å². The maximum Gasteiger partial charge on any atom is 0.416 e. The van der Waals surface area contributed by atoms with Crippen molar-refractivity contribution >= 4 is 17.8 Å². The number of halogens is 4. The van der Waals surface area contributed by atoms with Crippen molar-refractivity contribution in [2.24, 2.45) is 11.7 Å². The van der Waals surface area contributed by atoms with Crippen LogP contribution >= 0.6 is 0 Å². The van der Waals surface area contributed by atoms with Gasteiger partial charge in [-0.25, -0.2) is 9.18 Å². The van der Waals surface area contributed by atoms with E-state index in [4.69, 9.17) is 15.2 Å². The fourth-order valence-electron chi connectivity index (χ4n) is 3.89. The van der Waals surface area contributed by atoms with Gasteiger partial charge >= 0.3 is 12.1 Å². The molecule has 0 unspecified atom stereocenters. The Morgan fingerprint density at radius 2 is 1.60 bits per heavy atom. The largest absolute Gasteiger partial charge is 0.482 e. The van der Waals surface area contributed by atoms with E-state index in [-0.39, 0.29) is 17.7 Å². The van der Waals surface area contributed by atoms with Crippen LogP contribution in [0.5, 0.6) is 5.75 Å². The Bertz CT molecular complexity index is 1220. The average Bonchev–Trinajstić information content (AvgIpc) is 2.87. The Kier molecular flexibility index (Phi) is 11.9. The maximum absolute atomic E-state index is 13.6. The molecule has 0 saturated carbocycles. The van der Waals surface area contributed by atoms with Crippen molar-refractivity contribution in [3.63, 3.8) is 0 Å². The van der Waals surface area contributed by atoms with Gasteiger partial charge in [-0.05, 0) is 68.5 Å². The predicted molar refractivity (Wildman–Crippen MR) is 146 cm³/mol. The van der Waals surface area contributed by atoms with Gasteiger partial charge < -0.3 is 30.9 Å². The van der Waals surface area contributed by atoms with Gasteiger partial charge in [0.15, 0.2) is 12.7 Å². The number of amides is 2. The van der Waals surface area contributed by atoms with Crippen LogP contribution in [0.25, 0.3) is 0 Å². The monoisotopic (exact) mass is 599 g/mol. The van der Waals surface area contributed by atoms with E-state index in [1.807, 2.05) is 0 Å². The second-order valence-corrected chi connectivity index (χ2v) is 11.1. The molecule has 42 heavy (non-hydrogen) atoms. The quantitative estimate of drug-likeness (QED) is 0.217. The van der Waals surface area contributed by atoms with Crippen LogP contribution in [0.3, 0.4) is 0 Å². The van der Waals surface area contributed by atoms with Gasteiger partial charge in [0, 0.05) is 0 Å². The third-order valence-electron chi connectivity index (χ3n) is 5.92. The highest BCUT2D eigenvalue weighted by atomic mass is 19.4. The van der Waals surface area contributed by atoms with Gasteiger partial charge in [-0.2, -0.15) is 13.2 Å².